The van der Waals surface area contributed by atoms with Crippen LogP contribution in [0, 0.1) is 0 Å². The molecule has 1 fully saturated rings. The third kappa shape index (κ3) is 6.48. The molecule has 1 aliphatic heterocycles. The number of ether oxygens (including phenoxy) is 1. The van der Waals surface area contributed by atoms with Gasteiger partial charge in [0.05, 0.1) is 19.6 Å². The highest BCUT2D eigenvalue weighted by Gasteiger charge is 2.34. The van der Waals surface area contributed by atoms with Gasteiger partial charge in [0.1, 0.15) is 6.04 Å². The lowest BCUT2D eigenvalue weighted by molar-refractivity contribution is -0.151. The van der Waals surface area contributed by atoms with Gasteiger partial charge in [-0.3, -0.25) is 19.2 Å². The third-order valence-electron chi connectivity index (χ3n) is 4.38. The summed E-state index contributed by atoms with van der Waals surface area (Å²) in [5.74, 6) is -1.37. The quantitative estimate of drug-likeness (QED) is 0.517. The van der Waals surface area contributed by atoms with Crippen molar-refractivity contribution in [3.8, 4) is 0 Å². The molecule has 3 N–H and O–H groups in total. The van der Waals surface area contributed by atoms with Crippen molar-refractivity contribution >= 4 is 29.4 Å². The maximum Gasteiger partial charge on any atom is 0.308 e. The standard InChI is InChI=1S/C20H28N4O5/c1-3-10-29-18(26)12-16-20(28)22-8-9-24(16)17(25)13-23-15-7-5-6-14(11-15)19(27)21-4-2/h5-7,11,16,23H,3-4,8-10,12-13H2,1-2H3,(H,21,27)(H,22,28). The molecule has 1 atom stereocenters. The smallest absolute Gasteiger partial charge is 0.308 e. The van der Waals surface area contributed by atoms with Crippen molar-refractivity contribution in [3.63, 3.8) is 0 Å². The largest absolute Gasteiger partial charge is 0.466 e. The number of carbonyl (C=O) groups is 4. The Labute approximate surface area is 170 Å². The second-order valence-corrected chi connectivity index (χ2v) is 6.61. The summed E-state index contributed by atoms with van der Waals surface area (Å²) in [6.07, 6.45) is 0.509. The highest BCUT2D eigenvalue weighted by molar-refractivity contribution is 5.95. The molecule has 1 aliphatic rings. The number of hydrogen-bond donors (Lipinski definition) is 3. The minimum absolute atomic E-state index is 0.0629. The van der Waals surface area contributed by atoms with Crippen LogP contribution in [0.25, 0.3) is 0 Å². The first-order valence-corrected chi connectivity index (χ1v) is 9.81. The lowest BCUT2D eigenvalue weighted by Crippen LogP contribution is -2.58. The Balaban J connectivity index is 1.98. The van der Waals surface area contributed by atoms with Crippen molar-refractivity contribution in [3.05, 3.63) is 29.8 Å². The lowest BCUT2D eigenvalue weighted by Gasteiger charge is -2.34. The maximum absolute atomic E-state index is 12.7. The number of benzene rings is 1. The van der Waals surface area contributed by atoms with E-state index < -0.39 is 12.0 Å². The molecule has 1 unspecified atom stereocenters. The van der Waals surface area contributed by atoms with Gasteiger partial charge in [0.25, 0.3) is 5.91 Å². The SMILES string of the molecule is CCCOC(=O)CC1C(=O)NCCN1C(=O)CNc1cccc(C(=O)NCC)c1. The van der Waals surface area contributed by atoms with Crippen LogP contribution >= 0.6 is 0 Å². The average Bonchev–Trinajstić information content (AvgIpc) is 2.72. The van der Waals surface area contributed by atoms with Crippen molar-refractivity contribution < 1.29 is 23.9 Å². The Kier molecular flexibility index (Phi) is 8.45. The van der Waals surface area contributed by atoms with E-state index >= 15 is 0 Å². The van der Waals surface area contributed by atoms with Crippen molar-refractivity contribution in [1.82, 2.24) is 15.5 Å². The fraction of sp³-hybridized carbons (Fsp3) is 0.500. The van der Waals surface area contributed by atoms with Crippen LogP contribution in [0.4, 0.5) is 5.69 Å². The van der Waals surface area contributed by atoms with E-state index in [4.69, 9.17) is 4.74 Å². The number of esters is 1. The first kappa shape index (κ1) is 22.2. The van der Waals surface area contributed by atoms with Gasteiger partial charge in [-0.1, -0.05) is 13.0 Å². The van der Waals surface area contributed by atoms with Gasteiger partial charge in [0.2, 0.25) is 11.8 Å². The molecule has 2 rings (SSSR count). The van der Waals surface area contributed by atoms with E-state index in [1.165, 1.54) is 4.90 Å². The van der Waals surface area contributed by atoms with Crippen LogP contribution in [0.1, 0.15) is 37.0 Å². The van der Waals surface area contributed by atoms with Gasteiger partial charge in [-0.25, -0.2) is 0 Å². The Bertz CT molecular complexity index is 752. The summed E-state index contributed by atoms with van der Waals surface area (Å²) in [5, 5.41) is 8.38. The second-order valence-electron chi connectivity index (χ2n) is 6.61. The van der Waals surface area contributed by atoms with E-state index in [1.807, 2.05) is 13.8 Å². The van der Waals surface area contributed by atoms with Gasteiger partial charge in [-0.05, 0) is 31.5 Å². The zero-order valence-corrected chi connectivity index (χ0v) is 16.8. The average molecular weight is 404 g/mol. The molecule has 1 saturated heterocycles. The zero-order chi connectivity index (χ0) is 21.2. The monoisotopic (exact) mass is 404 g/mol. The summed E-state index contributed by atoms with van der Waals surface area (Å²) in [6, 6.07) is 5.92. The number of amides is 3. The molecule has 1 aromatic carbocycles. The summed E-state index contributed by atoms with van der Waals surface area (Å²) in [4.78, 5) is 50.1. The number of carbonyl (C=O) groups excluding carboxylic acids is 4. The predicted octanol–water partition coefficient (Wildman–Crippen LogP) is 0.519. The molecule has 0 bridgehead atoms. The second kappa shape index (κ2) is 11.0. The van der Waals surface area contributed by atoms with Crippen LogP contribution < -0.4 is 16.0 Å². The van der Waals surface area contributed by atoms with Gasteiger partial charge >= 0.3 is 5.97 Å². The van der Waals surface area contributed by atoms with E-state index in [1.54, 1.807) is 24.3 Å². The van der Waals surface area contributed by atoms with Crippen LogP contribution in [-0.4, -0.2) is 67.4 Å². The van der Waals surface area contributed by atoms with Gasteiger partial charge in [0.15, 0.2) is 0 Å². The number of nitrogens with one attached hydrogen (secondary N) is 3. The first-order valence-electron chi connectivity index (χ1n) is 9.81. The number of nitrogens with zero attached hydrogens (tertiary/aromatic N) is 1. The van der Waals surface area contributed by atoms with Gasteiger partial charge in [-0.2, -0.15) is 0 Å². The van der Waals surface area contributed by atoms with Crippen LogP contribution in [0.5, 0.6) is 0 Å². The topological polar surface area (TPSA) is 117 Å². The molecule has 3 amide bonds. The van der Waals surface area contributed by atoms with Crippen molar-refractivity contribution in [1.29, 1.82) is 0 Å². The number of rotatable bonds is 9. The van der Waals surface area contributed by atoms with E-state index in [0.29, 0.717) is 37.3 Å². The molecule has 158 valence electrons. The molecule has 9 heteroatoms. The Hall–Kier alpha value is -3.10. The fourth-order valence-corrected chi connectivity index (χ4v) is 2.96. The highest BCUT2D eigenvalue weighted by atomic mass is 16.5. The molecule has 0 radical (unpaired) electrons. The number of piperazine rings is 1. The Morgan fingerprint density at radius 1 is 1.28 bits per heavy atom. The van der Waals surface area contributed by atoms with Crippen LogP contribution in [0.3, 0.4) is 0 Å². The molecule has 0 aromatic heterocycles. The minimum atomic E-state index is -0.885. The minimum Gasteiger partial charge on any atom is -0.466 e. The molecule has 29 heavy (non-hydrogen) atoms. The van der Waals surface area contributed by atoms with Gasteiger partial charge in [0, 0.05) is 30.9 Å². The van der Waals surface area contributed by atoms with Crippen LogP contribution in [-0.2, 0) is 19.1 Å². The normalized spacial score (nSPS) is 16.0. The number of anilines is 1. The van der Waals surface area contributed by atoms with E-state index in [-0.39, 0.29) is 37.3 Å². The maximum atomic E-state index is 12.7. The molecule has 0 aliphatic carbocycles. The summed E-state index contributed by atoms with van der Waals surface area (Å²) < 4.78 is 5.04. The predicted molar refractivity (Wildman–Crippen MR) is 107 cm³/mol. The lowest BCUT2D eigenvalue weighted by atomic mass is 10.1. The van der Waals surface area contributed by atoms with Crippen molar-refractivity contribution in [2.75, 3.05) is 38.1 Å². The molecular formula is C20H28N4O5. The third-order valence-corrected chi connectivity index (χ3v) is 4.38. The van der Waals surface area contributed by atoms with Gasteiger partial charge < -0.3 is 25.6 Å². The zero-order valence-electron chi connectivity index (χ0n) is 16.8. The summed E-state index contributed by atoms with van der Waals surface area (Å²) in [5.41, 5.74) is 1.10. The molecule has 9 nitrogen and oxygen atoms in total. The highest BCUT2D eigenvalue weighted by Crippen LogP contribution is 2.13. The Morgan fingerprint density at radius 3 is 2.79 bits per heavy atom. The molecule has 0 saturated carbocycles. The number of hydrogen-bond acceptors (Lipinski definition) is 6. The molecule has 0 spiro atoms. The molecule has 1 heterocycles. The summed E-state index contributed by atoms with van der Waals surface area (Å²) >= 11 is 0. The van der Waals surface area contributed by atoms with Gasteiger partial charge in [-0.15, -0.1) is 0 Å². The molecular weight excluding hydrogens is 376 g/mol. The first-order chi connectivity index (χ1) is 14.0. The van der Waals surface area contributed by atoms with E-state index in [0.717, 1.165) is 0 Å². The van der Waals surface area contributed by atoms with Crippen LogP contribution in [0.2, 0.25) is 0 Å². The van der Waals surface area contributed by atoms with Crippen molar-refractivity contribution in [2.45, 2.75) is 32.7 Å². The summed E-state index contributed by atoms with van der Waals surface area (Å²) in [7, 11) is 0. The Morgan fingerprint density at radius 2 is 2.07 bits per heavy atom. The van der Waals surface area contributed by atoms with Crippen molar-refractivity contribution in [2.24, 2.45) is 0 Å². The fourth-order valence-electron chi connectivity index (χ4n) is 2.96. The van der Waals surface area contributed by atoms with E-state index in [9.17, 15) is 19.2 Å². The molecule has 1 aromatic rings. The van der Waals surface area contributed by atoms with E-state index in [2.05, 4.69) is 16.0 Å². The summed E-state index contributed by atoms with van der Waals surface area (Å²) in [6.45, 7) is 5.10. The van der Waals surface area contributed by atoms with Crippen LogP contribution in [0.15, 0.2) is 24.3 Å².